The number of carbonyl (C=O) groups is 1. The van der Waals surface area contributed by atoms with Gasteiger partial charge in [-0.05, 0) is 30.4 Å². The quantitative estimate of drug-likeness (QED) is 0.298. The highest BCUT2D eigenvalue weighted by Gasteiger charge is 2.42. The van der Waals surface area contributed by atoms with Gasteiger partial charge in [0.05, 0.1) is 6.54 Å². The number of benzene rings is 3. The highest BCUT2D eigenvalue weighted by Crippen LogP contribution is 2.44. The van der Waals surface area contributed by atoms with Crippen LogP contribution in [0.5, 0.6) is 0 Å². The Bertz CT molecular complexity index is 1130. The van der Waals surface area contributed by atoms with Crippen molar-refractivity contribution < 1.29 is 9.53 Å². The largest absolute Gasteiger partial charge is 0.443 e. The Balaban J connectivity index is 1.88. The van der Waals surface area contributed by atoms with Crippen LogP contribution in [-0.2, 0) is 15.1 Å². The van der Waals surface area contributed by atoms with E-state index in [4.69, 9.17) is 22.1 Å². The van der Waals surface area contributed by atoms with Crippen molar-refractivity contribution in [3.8, 4) is 11.8 Å². The van der Waals surface area contributed by atoms with Gasteiger partial charge in [0.2, 0.25) is 0 Å². The third-order valence-electron chi connectivity index (χ3n) is 5.98. The number of hydrogen-bond donors (Lipinski definition) is 1. The molecule has 4 heteroatoms. The second-order valence-electron chi connectivity index (χ2n) is 7.97. The van der Waals surface area contributed by atoms with E-state index >= 15 is 0 Å². The van der Waals surface area contributed by atoms with Gasteiger partial charge in [0.1, 0.15) is 0 Å². The van der Waals surface area contributed by atoms with Gasteiger partial charge in [0.15, 0.2) is 5.60 Å². The van der Waals surface area contributed by atoms with Gasteiger partial charge >= 0.3 is 5.97 Å². The molecule has 0 aliphatic heterocycles. The molecule has 32 heavy (non-hydrogen) atoms. The van der Waals surface area contributed by atoms with Crippen molar-refractivity contribution in [2.24, 2.45) is 5.73 Å². The summed E-state index contributed by atoms with van der Waals surface area (Å²) in [6.07, 6.45) is 4.06. The number of esters is 1. The Hall–Kier alpha value is -3.06. The van der Waals surface area contributed by atoms with Crippen LogP contribution in [-0.4, -0.2) is 12.5 Å². The molecule has 2 atom stereocenters. The van der Waals surface area contributed by atoms with Crippen LogP contribution in [0.15, 0.2) is 78.9 Å². The molecular formula is C28H26ClNO2. The average Bonchev–Trinajstić information content (AvgIpc) is 3.13. The molecule has 1 aliphatic carbocycles. The first-order valence-corrected chi connectivity index (χ1v) is 11.3. The second-order valence-corrected chi connectivity index (χ2v) is 8.38. The minimum Gasteiger partial charge on any atom is -0.443 e. The molecule has 0 spiro atoms. The maximum atomic E-state index is 12.6. The number of hydrogen-bond acceptors (Lipinski definition) is 3. The van der Waals surface area contributed by atoms with Crippen LogP contribution in [0, 0.1) is 11.8 Å². The number of halogens is 1. The smallest absolute Gasteiger partial charge is 0.321 e. The van der Waals surface area contributed by atoms with Gasteiger partial charge in [-0.15, -0.1) is 11.8 Å². The first kappa shape index (κ1) is 22.1. The number of nitrogens with two attached hydrogens (primary N) is 1. The molecule has 0 bridgehead atoms. The van der Waals surface area contributed by atoms with Crippen molar-refractivity contribution in [1.82, 2.24) is 0 Å². The summed E-state index contributed by atoms with van der Waals surface area (Å²) in [5.74, 6) is 6.42. The van der Waals surface area contributed by atoms with Gasteiger partial charge in [-0.1, -0.05) is 84.4 Å². The Kier molecular flexibility index (Phi) is 6.95. The third-order valence-corrected chi connectivity index (χ3v) is 6.31. The first-order chi connectivity index (χ1) is 15.6. The summed E-state index contributed by atoms with van der Waals surface area (Å²) in [5.41, 5.74) is 8.03. The molecule has 4 rings (SSSR count). The molecule has 3 aromatic rings. The van der Waals surface area contributed by atoms with Crippen LogP contribution in [0.4, 0.5) is 0 Å². The van der Waals surface area contributed by atoms with E-state index in [1.54, 1.807) is 0 Å². The maximum Gasteiger partial charge on any atom is 0.321 e. The maximum absolute atomic E-state index is 12.6. The zero-order chi connectivity index (χ0) is 22.4. The lowest BCUT2D eigenvalue weighted by Gasteiger charge is -2.36. The number of rotatable bonds is 6. The summed E-state index contributed by atoms with van der Waals surface area (Å²) < 4.78 is 6.16. The molecule has 0 saturated carbocycles. The summed E-state index contributed by atoms with van der Waals surface area (Å²) in [6.45, 7) is -0.224. The van der Waals surface area contributed by atoms with Gasteiger partial charge in [-0.2, -0.15) is 0 Å². The molecule has 0 saturated heterocycles. The van der Waals surface area contributed by atoms with E-state index < -0.39 is 11.6 Å². The molecule has 0 fully saturated rings. The normalized spacial score (nSPS) is 17.4. The Morgan fingerprint density at radius 1 is 0.969 bits per heavy atom. The van der Waals surface area contributed by atoms with E-state index in [1.165, 1.54) is 5.56 Å². The van der Waals surface area contributed by atoms with Gasteiger partial charge in [-0.3, -0.25) is 4.79 Å². The van der Waals surface area contributed by atoms with Gasteiger partial charge in [-0.25, -0.2) is 0 Å². The van der Waals surface area contributed by atoms with Crippen LogP contribution in [0.25, 0.3) is 0 Å². The van der Waals surface area contributed by atoms with Gasteiger partial charge < -0.3 is 10.5 Å². The summed E-state index contributed by atoms with van der Waals surface area (Å²) in [4.78, 5) is 12.6. The standard InChI is InChI=1S/C28H26ClNO2/c29-26-15-9-8-14-25(26)28(32-27(31)20-30,23-12-6-3-7-13-23)24-18-16-22(17-19-24)21-10-4-1-2-5-11-21/h3,6-9,12-19,21H,1,4,10-11,20,30H2. The molecule has 0 radical (unpaired) electrons. The fraction of sp³-hybridized carbons (Fsp3) is 0.250. The second kappa shape index (κ2) is 10.0. The van der Waals surface area contributed by atoms with Crippen molar-refractivity contribution in [3.63, 3.8) is 0 Å². The lowest BCUT2D eigenvalue weighted by Crippen LogP contribution is -2.37. The van der Waals surface area contributed by atoms with Crippen LogP contribution < -0.4 is 5.73 Å². The Morgan fingerprint density at radius 3 is 2.38 bits per heavy atom. The molecular weight excluding hydrogens is 418 g/mol. The SMILES string of the molecule is NCC(=O)OC(c1ccccc1)(c1ccc(C2CC#CCCC2)cc1)c1ccccc1Cl. The fourth-order valence-corrected chi connectivity index (χ4v) is 4.65. The van der Waals surface area contributed by atoms with E-state index in [0.29, 0.717) is 16.5 Å². The predicted octanol–water partition coefficient (Wildman–Crippen LogP) is 5.79. The molecule has 0 amide bonds. The lowest BCUT2D eigenvalue weighted by atomic mass is 9.79. The van der Waals surface area contributed by atoms with Crippen molar-refractivity contribution in [3.05, 3.63) is 106 Å². The monoisotopic (exact) mass is 443 g/mol. The van der Waals surface area contributed by atoms with E-state index in [-0.39, 0.29) is 6.54 Å². The molecule has 0 aromatic heterocycles. The van der Waals surface area contributed by atoms with Crippen LogP contribution >= 0.6 is 11.6 Å². The van der Waals surface area contributed by atoms with Crippen molar-refractivity contribution >= 4 is 17.6 Å². The fourth-order valence-electron chi connectivity index (χ4n) is 4.38. The Morgan fingerprint density at radius 2 is 1.66 bits per heavy atom. The molecule has 3 nitrogen and oxygen atoms in total. The highest BCUT2D eigenvalue weighted by molar-refractivity contribution is 6.31. The minimum atomic E-state index is -1.21. The van der Waals surface area contributed by atoms with Gasteiger partial charge in [0.25, 0.3) is 0 Å². The van der Waals surface area contributed by atoms with E-state index in [1.807, 2.05) is 66.7 Å². The molecule has 2 unspecified atom stereocenters. The van der Waals surface area contributed by atoms with Crippen molar-refractivity contribution in [2.45, 2.75) is 37.2 Å². The molecule has 1 aliphatic rings. The summed E-state index contributed by atoms with van der Waals surface area (Å²) in [5, 5.41) is 0.518. The average molecular weight is 444 g/mol. The molecule has 2 N–H and O–H groups in total. The highest BCUT2D eigenvalue weighted by atomic mass is 35.5. The van der Waals surface area contributed by atoms with E-state index in [9.17, 15) is 4.79 Å². The zero-order valence-corrected chi connectivity index (χ0v) is 18.6. The lowest BCUT2D eigenvalue weighted by molar-refractivity contribution is -0.151. The topological polar surface area (TPSA) is 52.3 Å². The Labute approximate surface area is 194 Å². The number of ether oxygens (including phenoxy) is 1. The van der Waals surface area contributed by atoms with Crippen LogP contribution in [0.3, 0.4) is 0 Å². The zero-order valence-electron chi connectivity index (χ0n) is 17.9. The van der Waals surface area contributed by atoms with Crippen molar-refractivity contribution in [2.75, 3.05) is 6.54 Å². The third kappa shape index (κ3) is 4.43. The van der Waals surface area contributed by atoms with E-state index in [2.05, 4.69) is 24.0 Å². The summed E-state index contributed by atoms with van der Waals surface area (Å²) >= 11 is 6.67. The van der Waals surface area contributed by atoms with Crippen LogP contribution in [0.1, 0.15) is 53.9 Å². The molecule has 0 heterocycles. The van der Waals surface area contributed by atoms with Crippen molar-refractivity contribution in [1.29, 1.82) is 0 Å². The van der Waals surface area contributed by atoms with Crippen LogP contribution in [0.2, 0.25) is 5.02 Å². The summed E-state index contributed by atoms with van der Waals surface area (Å²) in [7, 11) is 0. The molecule has 3 aromatic carbocycles. The predicted molar refractivity (Wildman–Crippen MR) is 128 cm³/mol. The van der Waals surface area contributed by atoms with E-state index in [0.717, 1.165) is 36.8 Å². The minimum absolute atomic E-state index is 0.224. The summed E-state index contributed by atoms with van der Waals surface area (Å²) in [6, 6.07) is 25.5. The first-order valence-electron chi connectivity index (χ1n) is 10.9. The number of carbonyl (C=O) groups excluding carboxylic acids is 1. The molecule has 162 valence electrons. The van der Waals surface area contributed by atoms with Gasteiger partial charge in [0, 0.05) is 34.6 Å².